The third kappa shape index (κ3) is 3.82. The molecule has 0 bridgehead atoms. The molecule has 4 heteroatoms. The second-order valence-corrected chi connectivity index (χ2v) is 4.98. The number of aliphatic hydroxyl groups is 1. The Morgan fingerprint density at radius 2 is 2.25 bits per heavy atom. The molecule has 1 aromatic carbocycles. The second kappa shape index (κ2) is 7.06. The Morgan fingerprint density at radius 1 is 1.45 bits per heavy atom. The molecule has 0 atom stereocenters. The minimum absolute atomic E-state index is 0.0110. The first-order valence-electron chi connectivity index (χ1n) is 6.88. The predicted molar refractivity (Wildman–Crippen MR) is 74.7 cm³/mol. The van der Waals surface area contributed by atoms with Crippen LogP contribution in [0, 0.1) is 23.6 Å². The quantitative estimate of drug-likeness (QED) is 0.827. The molecule has 3 nitrogen and oxygen atoms in total. The van der Waals surface area contributed by atoms with E-state index >= 15 is 0 Å². The molecule has 1 saturated carbocycles. The van der Waals surface area contributed by atoms with Crippen molar-refractivity contribution < 1.29 is 14.3 Å². The van der Waals surface area contributed by atoms with Gasteiger partial charge in [-0.2, -0.15) is 0 Å². The highest BCUT2D eigenvalue weighted by atomic mass is 19.1. The number of carbonyl (C=O) groups excluding carboxylic acids is 1. The van der Waals surface area contributed by atoms with Gasteiger partial charge in [0.25, 0.3) is 5.91 Å². The van der Waals surface area contributed by atoms with Crippen LogP contribution in [0.4, 0.5) is 4.39 Å². The summed E-state index contributed by atoms with van der Waals surface area (Å²) in [6.45, 7) is 0.599. The van der Waals surface area contributed by atoms with Gasteiger partial charge in [0.1, 0.15) is 5.82 Å². The third-order valence-electron chi connectivity index (χ3n) is 3.46. The number of carbonyl (C=O) groups is 1. The lowest BCUT2D eigenvalue weighted by atomic mass is 9.85. The van der Waals surface area contributed by atoms with Gasteiger partial charge in [-0.05, 0) is 37.0 Å². The SMILES string of the molecule is O=C(NCC1CCC1)c1cc(C#CCCO)ccc1F. The number of nitrogens with one attached hydrogen (secondary N) is 1. The molecule has 0 heterocycles. The van der Waals surface area contributed by atoms with Gasteiger partial charge in [-0.25, -0.2) is 4.39 Å². The highest BCUT2D eigenvalue weighted by Crippen LogP contribution is 2.25. The Bertz CT molecular complexity index is 541. The molecular weight excluding hydrogens is 257 g/mol. The highest BCUT2D eigenvalue weighted by Gasteiger charge is 2.19. The van der Waals surface area contributed by atoms with Gasteiger partial charge in [-0.15, -0.1) is 0 Å². The number of aliphatic hydroxyl groups excluding tert-OH is 1. The summed E-state index contributed by atoms with van der Waals surface area (Å²) in [7, 11) is 0. The Hall–Kier alpha value is -1.86. The maximum Gasteiger partial charge on any atom is 0.254 e. The number of rotatable bonds is 4. The van der Waals surface area contributed by atoms with Gasteiger partial charge in [0, 0.05) is 18.5 Å². The van der Waals surface area contributed by atoms with Crippen LogP contribution in [0.5, 0.6) is 0 Å². The molecule has 2 rings (SSSR count). The zero-order chi connectivity index (χ0) is 14.4. The summed E-state index contributed by atoms with van der Waals surface area (Å²) in [5.41, 5.74) is 0.605. The lowest BCUT2D eigenvalue weighted by Crippen LogP contribution is -2.32. The van der Waals surface area contributed by atoms with Crippen LogP contribution in [-0.2, 0) is 0 Å². The summed E-state index contributed by atoms with van der Waals surface area (Å²) >= 11 is 0. The molecule has 0 aliphatic heterocycles. The van der Waals surface area contributed by atoms with Crippen LogP contribution in [0.3, 0.4) is 0 Å². The Labute approximate surface area is 118 Å². The summed E-state index contributed by atoms with van der Waals surface area (Å²) in [6, 6.07) is 4.24. The van der Waals surface area contributed by atoms with E-state index in [0.29, 0.717) is 24.4 Å². The van der Waals surface area contributed by atoms with E-state index < -0.39 is 5.82 Å². The lowest BCUT2D eigenvalue weighted by Gasteiger charge is -2.25. The van der Waals surface area contributed by atoms with Gasteiger partial charge in [-0.1, -0.05) is 18.3 Å². The van der Waals surface area contributed by atoms with Crippen molar-refractivity contribution in [3.8, 4) is 11.8 Å². The van der Waals surface area contributed by atoms with Gasteiger partial charge in [-0.3, -0.25) is 4.79 Å². The molecule has 1 aliphatic carbocycles. The maximum absolute atomic E-state index is 13.7. The molecule has 2 N–H and O–H groups in total. The van der Waals surface area contributed by atoms with Crippen molar-refractivity contribution in [1.29, 1.82) is 0 Å². The minimum atomic E-state index is -0.538. The first-order valence-corrected chi connectivity index (χ1v) is 6.88. The van der Waals surface area contributed by atoms with E-state index in [2.05, 4.69) is 17.2 Å². The van der Waals surface area contributed by atoms with E-state index in [1.807, 2.05) is 0 Å². The largest absolute Gasteiger partial charge is 0.395 e. The van der Waals surface area contributed by atoms with Crippen LogP contribution in [0.15, 0.2) is 18.2 Å². The molecule has 0 radical (unpaired) electrons. The summed E-state index contributed by atoms with van der Waals surface area (Å²) in [5, 5.41) is 11.4. The van der Waals surface area contributed by atoms with E-state index in [1.54, 1.807) is 0 Å². The number of halogens is 1. The van der Waals surface area contributed by atoms with Crippen LogP contribution in [0.2, 0.25) is 0 Å². The minimum Gasteiger partial charge on any atom is -0.395 e. The van der Waals surface area contributed by atoms with E-state index in [9.17, 15) is 9.18 Å². The second-order valence-electron chi connectivity index (χ2n) is 4.98. The average Bonchev–Trinajstić information content (AvgIpc) is 2.39. The third-order valence-corrected chi connectivity index (χ3v) is 3.46. The van der Waals surface area contributed by atoms with Crippen molar-refractivity contribution in [2.24, 2.45) is 5.92 Å². The molecule has 0 spiro atoms. The van der Waals surface area contributed by atoms with E-state index in [-0.39, 0.29) is 18.1 Å². The van der Waals surface area contributed by atoms with Crippen LogP contribution in [0.25, 0.3) is 0 Å². The van der Waals surface area contributed by atoms with Gasteiger partial charge >= 0.3 is 0 Å². The molecule has 1 fully saturated rings. The zero-order valence-corrected chi connectivity index (χ0v) is 11.3. The maximum atomic E-state index is 13.7. The molecule has 20 heavy (non-hydrogen) atoms. The topological polar surface area (TPSA) is 49.3 Å². The Morgan fingerprint density at radius 3 is 2.90 bits per heavy atom. The van der Waals surface area contributed by atoms with Gasteiger partial charge in [0.2, 0.25) is 0 Å². The number of amides is 1. The smallest absolute Gasteiger partial charge is 0.254 e. The average molecular weight is 275 g/mol. The van der Waals surface area contributed by atoms with E-state index in [1.165, 1.54) is 24.6 Å². The lowest BCUT2D eigenvalue weighted by molar-refractivity contribution is 0.0935. The Kier molecular flexibility index (Phi) is 5.14. The number of hydrogen-bond acceptors (Lipinski definition) is 2. The number of benzene rings is 1. The zero-order valence-electron chi connectivity index (χ0n) is 11.3. The molecule has 1 aliphatic rings. The Balaban J connectivity index is 2.03. The van der Waals surface area contributed by atoms with Crippen molar-refractivity contribution >= 4 is 5.91 Å². The molecule has 1 aromatic rings. The van der Waals surface area contributed by atoms with Crippen molar-refractivity contribution in [2.45, 2.75) is 25.7 Å². The van der Waals surface area contributed by atoms with Gasteiger partial charge < -0.3 is 10.4 Å². The summed E-state index contributed by atoms with van der Waals surface area (Å²) in [4.78, 5) is 12.0. The van der Waals surface area contributed by atoms with Gasteiger partial charge in [0.05, 0.1) is 12.2 Å². The van der Waals surface area contributed by atoms with Crippen molar-refractivity contribution in [3.05, 3.63) is 35.1 Å². The fourth-order valence-corrected chi connectivity index (χ4v) is 2.03. The highest BCUT2D eigenvalue weighted by molar-refractivity contribution is 5.94. The van der Waals surface area contributed by atoms with Crippen LogP contribution < -0.4 is 5.32 Å². The molecule has 0 saturated heterocycles. The van der Waals surface area contributed by atoms with E-state index in [0.717, 1.165) is 12.8 Å². The summed E-state index contributed by atoms with van der Waals surface area (Å²) in [5.74, 6) is 5.16. The molecular formula is C16H18FNO2. The molecule has 0 unspecified atom stereocenters. The molecule has 106 valence electrons. The summed E-state index contributed by atoms with van der Waals surface area (Å²) in [6.07, 6.45) is 3.84. The first-order chi connectivity index (χ1) is 9.70. The monoisotopic (exact) mass is 275 g/mol. The fourth-order valence-electron chi connectivity index (χ4n) is 2.03. The van der Waals surface area contributed by atoms with Gasteiger partial charge in [0.15, 0.2) is 0 Å². The summed E-state index contributed by atoms with van der Waals surface area (Å²) < 4.78 is 13.7. The molecule has 1 amide bonds. The van der Waals surface area contributed by atoms with E-state index in [4.69, 9.17) is 5.11 Å². The van der Waals surface area contributed by atoms with Crippen molar-refractivity contribution in [2.75, 3.05) is 13.2 Å². The fraction of sp³-hybridized carbons (Fsp3) is 0.438. The van der Waals surface area contributed by atoms with Crippen LogP contribution in [-0.4, -0.2) is 24.2 Å². The van der Waals surface area contributed by atoms with Crippen molar-refractivity contribution in [1.82, 2.24) is 5.32 Å². The standard InChI is InChI=1S/C16H18FNO2/c17-15-8-7-12(4-1-2-9-19)10-14(15)16(20)18-11-13-5-3-6-13/h7-8,10,13,19H,2-3,5-6,9,11H2,(H,18,20). The van der Waals surface area contributed by atoms with Crippen LogP contribution in [0.1, 0.15) is 41.6 Å². The number of hydrogen-bond donors (Lipinski definition) is 2. The first kappa shape index (κ1) is 14.5. The molecule has 0 aromatic heterocycles. The predicted octanol–water partition coefficient (Wildman–Crippen LogP) is 2.09. The van der Waals surface area contributed by atoms with Crippen molar-refractivity contribution in [3.63, 3.8) is 0 Å². The van der Waals surface area contributed by atoms with Crippen LogP contribution >= 0.6 is 0 Å². The normalized spacial score (nSPS) is 14.1.